The van der Waals surface area contributed by atoms with E-state index in [1.165, 1.54) is 6.07 Å². The van der Waals surface area contributed by atoms with Crippen molar-refractivity contribution in [2.45, 2.75) is 46.1 Å². The second-order valence-electron chi connectivity index (χ2n) is 5.73. The molecule has 0 amide bonds. The summed E-state index contributed by atoms with van der Waals surface area (Å²) in [5, 5.41) is 4.39. The summed E-state index contributed by atoms with van der Waals surface area (Å²) in [5.41, 5.74) is 2.94. The number of hydrogen-bond donors (Lipinski definition) is 1. The van der Waals surface area contributed by atoms with Gasteiger partial charge in [-0.05, 0) is 57.9 Å². The van der Waals surface area contributed by atoms with Gasteiger partial charge in [0.2, 0.25) is 0 Å². The third kappa shape index (κ3) is 3.73. The first-order valence-electron chi connectivity index (χ1n) is 7.59. The lowest BCUT2D eigenvalue weighted by atomic mass is 10.0. The second kappa shape index (κ2) is 6.90. The standard InChI is InChI=1S/C18H24FNO/c1-5-10-20-16(8-6-12(2)3)18-13(4)15-11-14(19)7-9-17(15)21-18/h7,9,11,16,20H,2,5-6,8,10H2,1,3-4H3. The minimum absolute atomic E-state index is 0.150. The molecule has 1 heterocycles. The fourth-order valence-electron chi connectivity index (χ4n) is 2.58. The topological polar surface area (TPSA) is 25.2 Å². The molecule has 0 aliphatic heterocycles. The van der Waals surface area contributed by atoms with Gasteiger partial charge in [0.1, 0.15) is 17.2 Å². The van der Waals surface area contributed by atoms with Crippen LogP contribution in [-0.2, 0) is 0 Å². The first kappa shape index (κ1) is 15.8. The highest BCUT2D eigenvalue weighted by Crippen LogP contribution is 2.32. The van der Waals surface area contributed by atoms with Gasteiger partial charge in [-0.25, -0.2) is 4.39 Å². The largest absolute Gasteiger partial charge is 0.459 e. The number of allylic oxidation sites excluding steroid dienone is 1. The van der Waals surface area contributed by atoms with E-state index in [9.17, 15) is 4.39 Å². The average molecular weight is 289 g/mol. The molecule has 0 bridgehead atoms. The molecular weight excluding hydrogens is 265 g/mol. The van der Waals surface area contributed by atoms with Crippen LogP contribution < -0.4 is 5.32 Å². The molecule has 1 aromatic carbocycles. The maximum Gasteiger partial charge on any atom is 0.134 e. The van der Waals surface area contributed by atoms with E-state index in [1.807, 2.05) is 13.8 Å². The summed E-state index contributed by atoms with van der Waals surface area (Å²) in [4.78, 5) is 0. The monoisotopic (exact) mass is 289 g/mol. The Morgan fingerprint density at radius 1 is 1.43 bits per heavy atom. The van der Waals surface area contributed by atoms with E-state index in [-0.39, 0.29) is 11.9 Å². The summed E-state index contributed by atoms with van der Waals surface area (Å²) < 4.78 is 19.4. The number of aryl methyl sites for hydroxylation is 1. The molecule has 0 saturated carbocycles. The fourth-order valence-corrected chi connectivity index (χ4v) is 2.58. The highest BCUT2D eigenvalue weighted by Gasteiger charge is 2.20. The van der Waals surface area contributed by atoms with Crippen molar-refractivity contribution in [1.29, 1.82) is 0 Å². The lowest BCUT2D eigenvalue weighted by Crippen LogP contribution is -2.22. The number of nitrogens with one attached hydrogen (secondary N) is 1. The van der Waals surface area contributed by atoms with Crippen molar-refractivity contribution >= 4 is 11.0 Å². The summed E-state index contributed by atoms with van der Waals surface area (Å²) in [6.07, 6.45) is 2.96. The van der Waals surface area contributed by atoms with E-state index in [1.54, 1.807) is 12.1 Å². The molecule has 0 spiro atoms. The van der Waals surface area contributed by atoms with Crippen molar-refractivity contribution in [2.24, 2.45) is 0 Å². The maximum absolute atomic E-state index is 13.4. The Bertz CT molecular complexity index is 629. The first-order chi connectivity index (χ1) is 10.0. The highest BCUT2D eigenvalue weighted by molar-refractivity contribution is 5.82. The van der Waals surface area contributed by atoms with Crippen LogP contribution in [0.15, 0.2) is 34.8 Å². The Morgan fingerprint density at radius 2 is 2.19 bits per heavy atom. The number of benzene rings is 1. The van der Waals surface area contributed by atoms with E-state index in [0.717, 1.165) is 53.7 Å². The minimum Gasteiger partial charge on any atom is -0.459 e. The van der Waals surface area contributed by atoms with Crippen molar-refractivity contribution in [3.8, 4) is 0 Å². The Labute approximate surface area is 126 Å². The maximum atomic E-state index is 13.4. The van der Waals surface area contributed by atoms with Crippen LogP contribution in [0.2, 0.25) is 0 Å². The highest BCUT2D eigenvalue weighted by atomic mass is 19.1. The summed E-state index contributed by atoms with van der Waals surface area (Å²) in [7, 11) is 0. The minimum atomic E-state index is -0.224. The molecule has 0 radical (unpaired) electrons. The lowest BCUT2D eigenvalue weighted by Gasteiger charge is -2.17. The quantitative estimate of drug-likeness (QED) is 0.702. The molecule has 0 aliphatic rings. The van der Waals surface area contributed by atoms with Crippen LogP contribution in [-0.4, -0.2) is 6.54 Å². The summed E-state index contributed by atoms with van der Waals surface area (Å²) in [6.45, 7) is 11.1. The molecule has 1 aromatic heterocycles. The van der Waals surface area contributed by atoms with Crippen molar-refractivity contribution in [3.63, 3.8) is 0 Å². The van der Waals surface area contributed by atoms with Crippen LogP contribution in [0.5, 0.6) is 0 Å². The fraction of sp³-hybridized carbons (Fsp3) is 0.444. The average Bonchev–Trinajstić information content (AvgIpc) is 2.76. The number of fused-ring (bicyclic) bond motifs is 1. The molecule has 1 N–H and O–H groups in total. The molecule has 1 unspecified atom stereocenters. The number of furan rings is 1. The molecule has 0 fully saturated rings. The molecule has 0 saturated heterocycles. The van der Waals surface area contributed by atoms with Gasteiger partial charge in [-0.1, -0.05) is 12.5 Å². The van der Waals surface area contributed by atoms with Gasteiger partial charge >= 0.3 is 0 Å². The van der Waals surface area contributed by atoms with Crippen LogP contribution in [0, 0.1) is 12.7 Å². The summed E-state index contributed by atoms with van der Waals surface area (Å²) in [5.74, 6) is 0.697. The smallest absolute Gasteiger partial charge is 0.134 e. The molecule has 2 rings (SSSR count). The molecule has 21 heavy (non-hydrogen) atoms. The van der Waals surface area contributed by atoms with Crippen LogP contribution in [0.25, 0.3) is 11.0 Å². The Hall–Kier alpha value is -1.61. The predicted octanol–water partition coefficient (Wildman–Crippen LogP) is 5.28. The predicted molar refractivity (Wildman–Crippen MR) is 86.0 cm³/mol. The molecular formula is C18H24FNO. The van der Waals surface area contributed by atoms with E-state index in [0.29, 0.717) is 0 Å². The normalized spacial score (nSPS) is 12.8. The lowest BCUT2D eigenvalue weighted by molar-refractivity contribution is 0.408. The zero-order valence-corrected chi connectivity index (χ0v) is 13.1. The Morgan fingerprint density at radius 3 is 2.86 bits per heavy atom. The molecule has 114 valence electrons. The van der Waals surface area contributed by atoms with Gasteiger partial charge in [-0.15, -0.1) is 6.58 Å². The van der Waals surface area contributed by atoms with Crippen molar-refractivity contribution in [2.75, 3.05) is 6.54 Å². The van der Waals surface area contributed by atoms with Crippen molar-refractivity contribution in [3.05, 3.63) is 47.5 Å². The number of hydrogen-bond acceptors (Lipinski definition) is 2. The van der Waals surface area contributed by atoms with E-state index in [2.05, 4.69) is 18.8 Å². The molecule has 1 atom stereocenters. The summed E-state index contributed by atoms with van der Waals surface area (Å²) >= 11 is 0. The van der Waals surface area contributed by atoms with E-state index >= 15 is 0 Å². The SMILES string of the molecule is C=C(C)CCC(NCCC)c1oc2ccc(F)cc2c1C. The van der Waals surface area contributed by atoms with Crippen molar-refractivity contribution < 1.29 is 8.81 Å². The third-order valence-electron chi connectivity index (χ3n) is 3.75. The van der Waals surface area contributed by atoms with Gasteiger partial charge in [0.05, 0.1) is 6.04 Å². The molecule has 3 heteroatoms. The first-order valence-corrected chi connectivity index (χ1v) is 7.59. The number of halogens is 1. The summed E-state index contributed by atoms with van der Waals surface area (Å²) in [6, 6.07) is 4.85. The van der Waals surface area contributed by atoms with Crippen LogP contribution in [0.3, 0.4) is 0 Å². The Kier molecular flexibility index (Phi) is 5.18. The van der Waals surface area contributed by atoms with Gasteiger partial charge < -0.3 is 9.73 Å². The Balaban J connectivity index is 2.33. The third-order valence-corrected chi connectivity index (χ3v) is 3.75. The van der Waals surface area contributed by atoms with Crippen LogP contribution in [0.1, 0.15) is 50.5 Å². The van der Waals surface area contributed by atoms with Gasteiger partial charge in [-0.3, -0.25) is 0 Å². The van der Waals surface area contributed by atoms with Crippen molar-refractivity contribution in [1.82, 2.24) is 5.32 Å². The van der Waals surface area contributed by atoms with Gasteiger partial charge in [0.15, 0.2) is 0 Å². The molecule has 2 aromatic rings. The number of rotatable bonds is 7. The van der Waals surface area contributed by atoms with Gasteiger partial charge in [-0.2, -0.15) is 0 Å². The van der Waals surface area contributed by atoms with Gasteiger partial charge in [0.25, 0.3) is 0 Å². The zero-order chi connectivity index (χ0) is 15.4. The van der Waals surface area contributed by atoms with E-state index < -0.39 is 0 Å². The van der Waals surface area contributed by atoms with E-state index in [4.69, 9.17) is 4.42 Å². The molecule has 2 nitrogen and oxygen atoms in total. The molecule has 0 aliphatic carbocycles. The van der Waals surface area contributed by atoms with Crippen LogP contribution in [0.4, 0.5) is 4.39 Å². The zero-order valence-electron chi connectivity index (χ0n) is 13.1. The second-order valence-corrected chi connectivity index (χ2v) is 5.73. The van der Waals surface area contributed by atoms with Gasteiger partial charge in [0, 0.05) is 10.9 Å². The van der Waals surface area contributed by atoms with Crippen LogP contribution >= 0.6 is 0 Å².